The predicted octanol–water partition coefficient (Wildman–Crippen LogP) is 2.28. The summed E-state index contributed by atoms with van der Waals surface area (Å²) in [6.45, 7) is 1.79. The second-order valence-corrected chi connectivity index (χ2v) is 4.68. The fourth-order valence-corrected chi connectivity index (χ4v) is 1.90. The lowest BCUT2D eigenvalue weighted by Gasteiger charge is -2.10. The molecule has 0 aliphatic carbocycles. The molecule has 0 radical (unpaired) electrons. The molecule has 22 heavy (non-hydrogen) atoms. The van der Waals surface area contributed by atoms with Crippen molar-refractivity contribution in [3.05, 3.63) is 45.3 Å². The minimum absolute atomic E-state index is 0.0100. The van der Waals surface area contributed by atoms with Crippen molar-refractivity contribution in [1.82, 2.24) is 10.2 Å². The Morgan fingerprint density at radius 2 is 2.14 bits per heavy atom. The Kier molecular flexibility index (Phi) is 5.00. The fraction of sp³-hybridized carbons (Fsp3) is 0.214. The van der Waals surface area contributed by atoms with Crippen molar-refractivity contribution in [2.45, 2.75) is 6.92 Å². The van der Waals surface area contributed by atoms with Crippen LogP contribution in [0.15, 0.2) is 34.3 Å². The summed E-state index contributed by atoms with van der Waals surface area (Å²) in [4.78, 5) is 11.4. The van der Waals surface area contributed by atoms with E-state index in [1.165, 1.54) is 6.20 Å². The molecule has 7 nitrogen and oxygen atoms in total. The van der Waals surface area contributed by atoms with Crippen LogP contribution in [0.1, 0.15) is 12.5 Å². The summed E-state index contributed by atoms with van der Waals surface area (Å²) in [6.07, 6.45) is 1.38. The molecule has 2 aromatic rings. The van der Waals surface area contributed by atoms with E-state index in [-0.39, 0.29) is 5.02 Å². The molecule has 0 saturated heterocycles. The van der Waals surface area contributed by atoms with Crippen molar-refractivity contribution in [2.24, 2.45) is 5.10 Å². The molecule has 0 aliphatic heterocycles. The molecule has 8 heteroatoms. The van der Waals surface area contributed by atoms with Gasteiger partial charge in [-0.2, -0.15) is 10.2 Å². The molecule has 116 valence electrons. The first-order valence-corrected chi connectivity index (χ1v) is 6.70. The van der Waals surface area contributed by atoms with Gasteiger partial charge in [-0.1, -0.05) is 11.6 Å². The number of rotatable bonds is 5. The number of benzene rings is 1. The zero-order valence-corrected chi connectivity index (χ0v) is 13.1. The molecule has 2 N–H and O–H groups in total. The van der Waals surface area contributed by atoms with Crippen molar-refractivity contribution in [3.63, 3.8) is 0 Å². The number of anilines is 1. The zero-order chi connectivity index (χ0) is 16.1. The molecule has 1 heterocycles. The average Bonchev–Trinajstić information content (AvgIpc) is 2.55. The Labute approximate surface area is 131 Å². The first kappa shape index (κ1) is 15.8. The Balaban J connectivity index is 2.32. The number of ether oxygens (including phenoxy) is 2. The van der Waals surface area contributed by atoms with Gasteiger partial charge in [0.15, 0.2) is 0 Å². The number of halogens is 1. The number of nitrogens with one attached hydrogen (secondary N) is 2. The maximum absolute atomic E-state index is 11.4. The molecular weight excluding hydrogens is 308 g/mol. The number of methoxy groups -OCH3 is 2. The monoisotopic (exact) mass is 322 g/mol. The lowest BCUT2D eigenvalue weighted by molar-refractivity contribution is 0.402. The molecule has 0 aliphatic rings. The van der Waals surface area contributed by atoms with Gasteiger partial charge in [-0.25, -0.2) is 5.10 Å². The van der Waals surface area contributed by atoms with Crippen LogP contribution in [-0.4, -0.2) is 30.1 Å². The summed E-state index contributed by atoms with van der Waals surface area (Å²) in [5, 5.41) is 10.1. The lowest BCUT2D eigenvalue weighted by atomic mass is 10.1. The highest BCUT2D eigenvalue weighted by molar-refractivity contribution is 6.32. The number of aromatic amines is 1. The van der Waals surface area contributed by atoms with E-state index in [1.807, 2.05) is 0 Å². The van der Waals surface area contributed by atoms with Crippen molar-refractivity contribution in [2.75, 3.05) is 19.6 Å². The summed E-state index contributed by atoms with van der Waals surface area (Å²) in [7, 11) is 3.15. The quantitative estimate of drug-likeness (QED) is 0.651. The van der Waals surface area contributed by atoms with E-state index < -0.39 is 5.56 Å². The van der Waals surface area contributed by atoms with Crippen LogP contribution in [0.3, 0.4) is 0 Å². The number of nitrogens with zero attached hydrogens (tertiary/aromatic N) is 2. The van der Waals surface area contributed by atoms with Crippen LogP contribution in [0.5, 0.6) is 11.5 Å². The summed E-state index contributed by atoms with van der Waals surface area (Å²) >= 11 is 5.87. The SMILES string of the molecule is COc1ccc(OC)c(/C(C)=N\Nc2cn[nH]c(=O)c2Cl)c1. The summed E-state index contributed by atoms with van der Waals surface area (Å²) < 4.78 is 10.5. The number of hydrazone groups is 1. The molecular formula is C14H15ClN4O3. The van der Waals surface area contributed by atoms with Crippen molar-refractivity contribution in [1.29, 1.82) is 0 Å². The normalized spacial score (nSPS) is 11.2. The Morgan fingerprint density at radius 1 is 1.36 bits per heavy atom. The molecule has 1 aromatic carbocycles. The highest BCUT2D eigenvalue weighted by atomic mass is 35.5. The number of H-pyrrole nitrogens is 1. The third-order valence-corrected chi connectivity index (χ3v) is 3.31. The molecule has 0 unspecified atom stereocenters. The maximum Gasteiger partial charge on any atom is 0.285 e. The van der Waals surface area contributed by atoms with E-state index in [9.17, 15) is 4.79 Å². The van der Waals surface area contributed by atoms with Gasteiger partial charge in [0.05, 0.1) is 26.1 Å². The van der Waals surface area contributed by atoms with Gasteiger partial charge in [0.25, 0.3) is 5.56 Å². The summed E-state index contributed by atoms with van der Waals surface area (Å²) in [5.41, 5.74) is 3.93. The molecule has 1 aromatic heterocycles. The smallest absolute Gasteiger partial charge is 0.285 e. The molecule has 0 amide bonds. The largest absolute Gasteiger partial charge is 0.497 e. The lowest BCUT2D eigenvalue weighted by Crippen LogP contribution is -2.11. The van der Waals surface area contributed by atoms with Crippen molar-refractivity contribution < 1.29 is 9.47 Å². The predicted molar refractivity (Wildman–Crippen MR) is 85.2 cm³/mol. The van der Waals surface area contributed by atoms with Crippen LogP contribution in [0.4, 0.5) is 5.69 Å². The Morgan fingerprint density at radius 3 is 2.82 bits per heavy atom. The van der Waals surface area contributed by atoms with Crippen LogP contribution in [-0.2, 0) is 0 Å². The topological polar surface area (TPSA) is 88.6 Å². The summed E-state index contributed by atoms with van der Waals surface area (Å²) in [5.74, 6) is 1.33. The highest BCUT2D eigenvalue weighted by Gasteiger charge is 2.09. The summed E-state index contributed by atoms with van der Waals surface area (Å²) in [6, 6.07) is 5.38. The molecule has 0 fully saturated rings. The van der Waals surface area contributed by atoms with Crippen LogP contribution in [0.2, 0.25) is 5.02 Å². The van der Waals surface area contributed by atoms with Gasteiger partial charge in [0.1, 0.15) is 22.2 Å². The van der Waals surface area contributed by atoms with Gasteiger partial charge in [-0.15, -0.1) is 0 Å². The Bertz CT molecular complexity index is 758. The number of hydrogen-bond acceptors (Lipinski definition) is 6. The van der Waals surface area contributed by atoms with E-state index in [0.29, 0.717) is 22.9 Å². The van der Waals surface area contributed by atoms with Crippen molar-refractivity contribution in [3.8, 4) is 11.5 Å². The van der Waals surface area contributed by atoms with Gasteiger partial charge in [0.2, 0.25) is 0 Å². The number of aromatic nitrogens is 2. The number of hydrogen-bond donors (Lipinski definition) is 2. The molecule has 0 atom stereocenters. The fourth-order valence-electron chi connectivity index (χ4n) is 1.76. The zero-order valence-electron chi connectivity index (χ0n) is 12.3. The van der Waals surface area contributed by atoms with Gasteiger partial charge in [-0.05, 0) is 25.1 Å². The first-order chi connectivity index (χ1) is 10.6. The van der Waals surface area contributed by atoms with Crippen LogP contribution in [0, 0.1) is 0 Å². The molecule has 0 spiro atoms. The van der Waals surface area contributed by atoms with Crippen molar-refractivity contribution >= 4 is 23.0 Å². The Hall–Kier alpha value is -2.54. The van der Waals surface area contributed by atoms with E-state index >= 15 is 0 Å². The van der Waals surface area contributed by atoms with E-state index in [0.717, 1.165) is 5.56 Å². The maximum atomic E-state index is 11.4. The third-order valence-electron chi connectivity index (χ3n) is 2.94. The van der Waals surface area contributed by atoms with Crippen LogP contribution >= 0.6 is 11.6 Å². The third kappa shape index (κ3) is 3.37. The minimum Gasteiger partial charge on any atom is -0.497 e. The van der Waals surface area contributed by atoms with Crippen LogP contribution < -0.4 is 20.5 Å². The van der Waals surface area contributed by atoms with E-state index in [4.69, 9.17) is 21.1 Å². The second-order valence-electron chi connectivity index (χ2n) is 4.30. The van der Waals surface area contributed by atoms with Gasteiger partial charge in [0, 0.05) is 5.56 Å². The van der Waals surface area contributed by atoms with E-state index in [2.05, 4.69) is 20.7 Å². The van der Waals surface area contributed by atoms with E-state index in [1.54, 1.807) is 39.3 Å². The van der Waals surface area contributed by atoms with Gasteiger partial charge in [-0.3, -0.25) is 10.2 Å². The highest BCUT2D eigenvalue weighted by Crippen LogP contribution is 2.25. The second kappa shape index (κ2) is 6.95. The molecule has 0 bridgehead atoms. The molecule has 2 rings (SSSR count). The average molecular weight is 323 g/mol. The minimum atomic E-state index is -0.488. The van der Waals surface area contributed by atoms with Gasteiger partial charge < -0.3 is 9.47 Å². The first-order valence-electron chi connectivity index (χ1n) is 6.32. The standard InChI is InChI=1S/C14H15ClN4O3/c1-8(10-6-9(21-2)4-5-12(10)22-3)17-18-11-7-16-19-14(20)13(11)15/h4-7H,1-3H3,(H2,18,19,20)/b17-8-. The van der Waals surface area contributed by atoms with Gasteiger partial charge >= 0.3 is 0 Å². The molecule has 0 saturated carbocycles. The van der Waals surface area contributed by atoms with Crippen LogP contribution in [0.25, 0.3) is 0 Å².